The zero-order valence-electron chi connectivity index (χ0n) is 13.1. The molecule has 0 aliphatic rings. The van der Waals surface area contributed by atoms with Crippen LogP contribution in [0.15, 0.2) is 36.4 Å². The van der Waals surface area contributed by atoms with Gasteiger partial charge in [0.1, 0.15) is 5.82 Å². The van der Waals surface area contributed by atoms with Gasteiger partial charge in [0, 0.05) is 30.9 Å². The van der Waals surface area contributed by atoms with Crippen LogP contribution in [0.3, 0.4) is 0 Å². The number of hydrogen-bond donors (Lipinski definition) is 2. The van der Waals surface area contributed by atoms with Crippen LogP contribution in [0.5, 0.6) is 0 Å². The van der Waals surface area contributed by atoms with E-state index < -0.39 is 16.9 Å². The van der Waals surface area contributed by atoms with Gasteiger partial charge in [0.25, 0.3) is 11.5 Å². The second kappa shape index (κ2) is 6.82. The smallest absolute Gasteiger partial charge is 0.383 e. The minimum Gasteiger partial charge on any atom is -0.383 e. The molecule has 2 heterocycles. The van der Waals surface area contributed by atoms with Gasteiger partial charge in [-0.1, -0.05) is 0 Å². The highest BCUT2D eigenvalue weighted by atomic mass is 19.4. The van der Waals surface area contributed by atoms with E-state index in [-0.39, 0.29) is 17.2 Å². The molecule has 3 rings (SSSR count). The highest BCUT2D eigenvalue weighted by molar-refractivity contribution is 5.49. The largest absolute Gasteiger partial charge is 0.453 e. The molecule has 0 unspecified atom stereocenters. The summed E-state index contributed by atoms with van der Waals surface area (Å²) in [7, 11) is 0. The summed E-state index contributed by atoms with van der Waals surface area (Å²) in [5.74, 6) is -0.964. The summed E-state index contributed by atoms with van der Waals surface area (Å²) in [6.45, 7) is 0.783. The Balaban J connectivity index is 1.58. The molecule has 0 radical (unpaired) electrons. The number of nitrogens with one attached hydrogen (secondary N) is 2. The lowest BCUT2D eigenvalue weighted by molar-refractivity contribution is -0.384. The average molecular weight is 367 g/mol. The van der Waals surface area contributed by atoms with Crippen LogP contribution in [0.25, 0.3) is 5.65 Å². The van der Waals surface area contributed by atoms with Gasteiger partial charge < -0.3 is 10.6 Å². The maximum absolute atomic E-state index is 12.8. The molecule has 0 saturated carbocycles. The van der Waals surface area contributed by atoms with Gasteiger partial charge in [-0.25, -0.2) is 0 Å². The van der Waals surface area contributed by atoms with Crippen LogP contribution in [0.4, 0.5) is 30.4 Å². The Bertz CT molecular complexity index is 924. The molecule has 12 heteroatoms. The maximum atomic E-state index is 12.8. The van der Waals surface area contributed by atoms with Gasteiger partial charge in [0.05, 0.1) is 4.92 Å². The molecule has 0 bridgehead atoms. The van der Waals surface area contributed by atoms with Crippen molar-refractivity contribution < 1.29 is 18.1 Å². The number of nitro groups is 1. The Kier molecular flexibility index (Phi) is 4.56. The third-order valence-corrected chi connectivity index (χ3v) is 3.35. The fourth-order valence-corrected chi connectivity index (χ4v) is 2.16. The van der Waals surface area contributed by atoms with Crippen LogP contribution in [0.2, 0.25) is 0 Å². The molecule has 2 aromatic heterocycles. The summed E-state index contributed by atoms with van der Waals surface area (Å²) >= 11 is 0. The summed E-state index contributed by atoms with van der Waals surface area (Å²) in [4.78, 5) is 10.1. The maximum Gasteiger partial charge on any atom is 0.453 e. The molecule has 3 aromatic rings. The number of aromatic nitrogens is 4. The molecule has 0 atom stereocenters. The first-order valence-corrected chi connectivity index (χ1v) is 7.36. The molecule has 0 spiro atoms. The van der Waals surface area contributed by atoms with E-state index in [2.05, 4.69) is 25.9 Å². The molecule has 0 aliphatic heterocycles. The average Bonchev–Trinajstić information content (AvgIpc) is 3.02. The Labute approximate surface area is 144 Å². The first-order valence-electron chi connectivity index (χ1n) is 7.36. The topological polar surface area (TPSA) is 110 Å². The Morgan fingerprint density at radius 2 is 1.73 bits per heavy atom. The lowest BCUT2D eigenvalue weighted by Crippen LogP contribution is -2.16. The number of nitrogens with zero attached hydrogens (tertiary/aromatic N) is 5. The summed E-state index contributed by atoms with van der Waals surface area (Å²) < 4.78 is 39.1. The van der Waals surface area contributed by atoms with Crippen molar-refractivity contribution in [3.63, 3.8) is 0 Å². The minimum absolute atomic E-state index is 0.00752. The lowest BCUT2D eigenvalue weighted by atomic mass is 10.3. The van der Waals surface area contributed by atoms with E-state index >= 15 is 0 Å². The zero-order chi connectivity index (χ0) is 18.7. The molecular formula is C14H12F3N7O2. The summed E-state index contributed by atoms with van der Waals surface area (Å²) in [6.07, 6.45) is -4.65. The number of anilines is 2. The van der Waals surface area contributed by atoms with E-state index in [1.165, 1.54) is 24.3 Å². The molecule has 136 valence electrons. The molecule has 0 amide bonds. The molecule has 0 aliphatic carbocycles. The molecular weight excluding hydrogens is 355 g/mol. The van der Waals surface area contributed by atoms with Crippen LogP contribution >= 0.6 is 0 Å². The monoisotopic (exact) mass is 367 g/mol. The predicted molar refractivity (Wildman–Crippen MR) is 85.9 cm³/mol. The van der Waals surface area contributed by atoms with Crippen molar-refractivity contribution in [3.05, 3.63) is 52.3 Å². The molecule has 0 saturated heterocycles. The summed E-state index contributed by atoms with van der Waals surface area (Å²) in [6, 6.07) is 8.74. The number of non-ortho nitro benzene ring substituents is 1. The highest BCUT2D eigenvalue weighted by Gasteiger charge is 2.37. The van der Waals surface area contributed by atoms with Crippen molar-refractivity contribution in [3.8, 4) is 0 Å². The second-order valence-corrected chi connectivity index (χ2v) is 5.17. The van der Waals surface area contributed by atoms with Crippen LogP contribution in [0.1, 0.15) is 5.82 Å². The van der Waals surface area contributed by atoms with Crippen LogP contribution in [-0.2, 0) is 6.18 Å². The Morgan fingerprint density at radius 1 is 1.04 bits per heavy atom. The van der Waals surface area contributed by atoms with Crippen LogP contribution in [0, 0.1) is 10.1 Å². The van der Waals surface area contributed by atoms with Gasteiger partial charge in [0.2, 0.25) is 0 Å². The number of benzene rings is 1. The third-order valence-electron chi connectivity index (χ3n) is 3.35. The van der Waals surface area contributed by atoms with E-state index in [1.807, 2.05) is 0 Å². The van der Waals surface area contributed by atoms with Gasteiger partial charge in [-0.2, -0.15) is 17.7 Å². The van der Waals surface area contributed by atoms with Crippen molar-refractivity contribution in [1.82, 2.24) is 19.8 Å². The molecule has 1 aromatic carbocycles. The van der Waals surface area contributed by atoms with Crippen molar-refractivity contribution in [2.24, 2.45) is 0 Å². The SMILES string of the molecule is O=[N+]([O-])c1ccc(NCCNc2ccc3nnc(C(F)(F)F)n3n2)cc1. The molecule has 2 N–H and O–H groups in total. The number of rotatable bonds is 6. The van der Waals surface area contributed by atoms with E-state index in [4.69, 9.17) is 0 Å². The van der Waals surface area contributed by atoms with E-state index in [0.29, 0.717) is 23.3 Å². The van der Waals surface area contributed by atoms with Crippen LogP contribution in [-0.4, -0.2) is 37.8 Å². The minimum atomic E-state index is -4.65. The number of halogens is 3. The number of alkyl halides is 3. The highest BCUT2D eigenvalue weighted by Crippen LogP contribution is 2.27. The lowest BCUT2D eigenvalue weighted by Gasteiger charge is -2.09. The molecule has 26 heavy (non-hydrogen) atoms. The summed E-state index contributed by atoms with van der Waals surface area (Å²) in [5, 5.41) is 26.8. The first-order chi connectivity index (χ1) is 12.3. The van der Waals surface area contributed by atoms with Gasteiger partial charge >= 0.3 is 6.18 Å². The number of hydrogen-bond acceptors (Lipinski definition) is 7. The normalized spacial score (nSPS) is 11.5. The summed E-state index contributed by atoms with van der Waals surface area (Å²) in [5.41, 5.74) is 0.659. The predicted octanol–water partition coefficient (Wildman–Crippen LogP) is 2.58. The Hall–Kier alpha value is -3.44. The quantitative estimate of drug-likeness (QED) is 0.391. The third kappa shape index (κ3) is 3.79. The van der Waals surface area contributed by atoms with Crippen molar-refractivity contribution in [2.45, 2.75) is 6.18 Å². The van der Waals surface area contributed by atoms with Crippen molar-refractivity contribution in [2.75, 3.05) is 23.7 Å². The van der Waals surface area contributed by atoms with E-state index in [9.17, 15) is 23.3 Å². The number of nitro benzene ring substituents is 1. The van der Waals surface area contributed by atoms with Gasteiger partial charge in [-0.15, -0.1) is 15.3 Å². The van der Waals surface area contributed by atoms with Crippen molar-refractivity contribution >= 4 is 22.8 Å². The molecule has 0 fully saturated rings. The number of fused-ring (bicyclic) bond motifs is 1. The van der Waals surface area contributed by atoms with Gasteiger partial charge in [-0.3, -0.25) is 10.1 Å². The standard InChI is InChI=1S/C14H12F3N7O2/c15-14(16,17)13-21-20-12-6-5-11(22-23(12)13)19-8-7-18-9-1-3-10(4-2-9)24(25)26/h1-6,18H,7-8H2,(H,19,22). The fraction of sp³-hybridized carbons (Fsp3) is 0.214. The zero-order valence-corrected chi connectivity index (χ0v) is 13.1. The van der Waals surface area contributed by atoms with Gasteiger partial charge in [0.15, 0.2) is 5.65 Å². The molecule has 9 nitrogen and oxygen atoms in total. The van der Waals surface area contributed by atoms with E-state index in [1.54, 1.807) is 12.1 Å². The first kappa shape index (κ1) is 17.4. The second-order valence-electron chi connectivity index (χ2n) is 5.17. The fourth-order valence-electron chi connectivity index (χ4n) is 2.16. The van der Waals surface area contributed by atoms with Crippen LogP contribution < -0.4 is 10.6 Å². The Morgan fingerprint density at radius 3 is 2.38 bits per heavy atom. The van der Waals surface area contributed by atoms with E-state index in [0.717, 1.165) is 0 Å². The van der Waals surface area contributed by atoms with Crippen molar-refractivity contribution in [1.29, 1.82) is 0 Å². The van der Waals surface area contributed by atoms with Gasteiger partial charge in [-0.05, 0) is 24.3 Å².